The molecule has 0 radical (unpaired) electrons. The minimum absolute atomic E-state index is 0.0388. The lowest BCUT2D eigenvalue weighted by atomic mass is 9.98. The van der Waals surface area contributed by atoms with Gasteiger partial charge in [0.2, 0.25) is 0 Å². The fourth-order valence-electron chi connectivity index (χ4n) is 2.54. The summed E-state index contributed by atoms with van der Waals surface area (Å²) in [5.41, 5.74) is 0. The van der Waals surface area contributed by atoms with Crippen LogP contribution in [0.15, 0.2) is 21.7 Å². The van der Waals surface area contributed by atoms with Gasteiger partial charge in [-0.25, -0.2) is 8.42 Å². The van der Waals surface area contributed by atoms with Crippen LogP contribution in [-0.2, 0) is 24.3 Å². The molecule has 0 saturated carbocycles. The first-order valence-electron chi connectivity index (χ1n) is 8.34. The summed E-state index contributed by atoms with van der Waals surface area (Å²) in [5, 5.41) is 4.45. The third-order valence-corrected chi connectivity index (χ3v) is 7.51. The van der Waals surface area contributed by atoms with Crippen LogP contribution < -0.4 is 5.32 Å². The molecule has 1 aliphatic heterocycles. The van der Waals surface area contributed by atoms with E-state index in [4.69, 9.17) is 4.74 Å². The number of hydrogen-bond donors (Lipinski definition) is 1. The molecular formula is C16H24N2O5S2. The van der Waals surface area contributed by atoms with Gasteiger partial charge in [0.15, 0.2) is 6.61 Å². The van der Waals surface area contributed by atoms with E-state index < -0.39 is 16.0 Å². The lowest BCUT2D eigenvalue weighted by Gasteiger charge is -2.29. The van der Waals surface area contributed by atoms with Crippen molar-refractivity contribution in [2.45, 2.75) is 43.4 Å². The minimum Gasteiger partial charge on any atom is -0.455 e. The Labute approximate surface area is 152 Å². The third-order valence-electron chi connectivity index (χ3n) is 4.24. The Morgan fingerprint density at radius 2 is 2.08 bits per heavy atom. The number of carbonyl (C=O) groups is 2. The van der Waals surface area contributed by atoms with Gasteiger partial charge in [-0.15, -0.1) is 11.3 Å². The lowest BCUT2D eigenvalue weighted by molar-refractivity contribution is -0.153. The predicted molar refractivity (Wildman–Crippen MR) is 94.7 cm³/mol. The van der Waals surface area contributed by atoms with Gasteiger partial charge in [-0.3, -0.25) is 9.59 Å². The fourth-order valence-corrected chi connectivity index (χ4v) is 5.16. The second-order valence-corrected chi connectivity index (χ2v) is 9.21. The first kappa shape index (κ1) is 19.9. The molecule has 9 heteroatoms. The molecular weight excluding hydrogens is 364 g/mol. The van der Waals surface area contributed by atoms with Crippen molar-refractivity contribution in [3.63, 3.8) is 0 Å². The zero-order valence-corrected chi connectivity index (χ0v) is 16.1. The molecule has 0 aromatic carbocycles. The number of thiophene rings is 1. The number of amides is 1. The van der Waals surface area contributed by atoms with Gasteiger partial charge in [-0.1, -0.05) is 13.0 Å². The van der Waals surface area contributed by atoms with Crippen molar-refractivity contribution in [1.82, 2.24) is 9.62 Å². The number of hydrogen-bond acceptors (Lipinski definition) is 6. The molecule has 1 amide bonds. The van der Waals surface area contributed by atoms with Crippen LogP contribution >= 0.6 is 11.3 Å². The van der Waals surface area contributed by atoms with Crippen molar-refractivity contribution in [1.29, 1.82) is 0 Å². The summed E-state index contributed by atoms with van der Waals surface area (Å²) in [4.78, 5) is 23.7. The SMILES string of the molecule is CC[C@H](C)NC(=O)COC(=O)C1CCN(S(=O)(=O)c2cccs2)CC1. The molecule has 7 nitrogen and oxygen atoms in total. The number of nitrogens with zero attached hydrogens (tertiary/aromatic N) is 1. The van der Waals surface area contributed by atoms with Gasteiger partial charge in [-0.2, -0.15) is 4.31 Å². The monoisotopic (exact) mass is 388 g/mol. The molecule has 2 rings (SSSR count). The van der Waals surface area contributed by atoms with Crippen LogP contribution in [0.3, 0.4) is 0 Å². The Kier molecular flexibility index (Phi) is 6.97. The Morgan fingerprint density at radius 1 is 1.40 bits per heavy atom. The van der Waals surface area contributed by atoms with Gasteiger partial charge in [0.1, 0.15) is 4.21 Å². The van der Waals surface area contributed by atoms with E-state index in [0.717, 1.165) is 6.42 Å². The van der Waals surface area contributed by atoms with Gasteiger partial charge < -0.3 is 10.1 Å². The minimum atomic E-state index is -3.47. The predicted octanol–water partition coefficient (Wildman–Crippen LogP) is 1.61. The summed E-state index contributed by atoms with van der Waals surface area (Å²) in [6.45, 7) is 4.09. The van der Waals surface area contributed by atoms with E-state index in [9.17, 15) is 18.0 Å². The quantitative estimate of drug-likeness (QED) is 0.717. The van der Waals surface area contributed by atoms with Crippen molar-refractivity contribution in [2.75, 3.05) is 19.7 Å². The molecule has 1 N–H and O–H groups in total. The highest BCUT2D eigenvalue weighted by Gasteiger charge is 2.33. The van der Waals surface area contributed by atoms with Crippen molar-refractivity contribution in [3.8, 4) is 0 Å². The standard InChI is InChI=1S/C16H24N2O5S2/c1-3-12(2)17-14(19)11-23-16(20)13-6-8-18(9-7-13)25(21,22)15-5-4-10-24-15/h4-5,10,12-13H,3,6-9,11H2,1-2H3,(H,17,19)/t12-/m0/s1. The van der Waals surface area contributed by atoms with Crippen LogP contribution in [0.4, 0.5) is 0 Å². The molecule has 1 fully saturated rings. The second kappa shape index (κ2) is 8.77. The van der Waals surface area contributed by atoms with E-state index in [2.05, 4.69) is 5.32 Å². The summed E-state index contributed by atoms with van der Waals surface area (Å²) >= 11 is 1.18. The Balaban J connectivity index is 1.80. The summed E-state index contributed by atoms with van der Waals surface area (Å²) in [6, 6.07) is 3.32. The van der Waals surface area contributed by atoms with Gasteiger partial charge in [0.05, 0.1) is 5.92 Å². The number of rotatable bonds is 7. The van der Waals surface area contributed by atoms with Crippen LogP contribution in [0.25, 0.3) is 0 Å². The van der Waals surface area contributed by atoms with E-state index in [1.54, 1.807) is 17.5 Å². The Bertz CT molecular complexity index is 679. The molecule has 1 aromatic heterocycles. The molecule has 0 unspecified atom stereocenters. The van der Waals surface area contributed by atoms with E-state index in [-0.39, 0.29) is 37.6 Å². The number of carbonyl (C=O) groups excluding carboxylic acids is 2. The van der Waals surface area contributed by atoms with Gasteiger partial charge >= 0.3 is 5.97 Å². The zero-order valence-electron chi connectivity index (χ0n) is 14.4. The molecule has 25 heavy (non-hydrogen) atoms. The van der Waals surface area contributed by atoms with Crippen molar-refractivity contribution >= 4 is 33.2 Å². The molecule has 0 aliphatic carbocycles. The van der Waals surface area contributed by atoms with Crippen LogP contribution in [0.5, 0.6) is 0 Å². The van der Waals surface area contributed by atoms with Gasteiger partial charge in [-0.05, 0) is 37.6 Å². The molecule has 1 aliphatic rings. The van der Waals surface area contributed by atoms with E-state index in [1.807, 2.05) is 13.8 Å². The average molecular weight is 389 g/mol. The Morgan fingerprint density at radius 3 is 2.64 bits per heavy atom. The fraction of sp³-hybridized carbons (Fsp3) is 0.625. The van der Waals surface area contributed by atoms with Crippen LogP contribution in [-0.4, -0.2) is 50.3 Å². The molecule has 1 atom stereocenters. The molecule has 0 bridgehead atoms. The molecule has 2 heterocycles. The second-order valence-electron chi connectivity index (χ2n) is 6.09. The Hall–Kier alpha value is -1.45. The van der Waals surface area contributed by atoms with E-state index in [0.29, 0.717) is 17.1 Å². The van der Waals surface area contributed by atoms with Gasteiger partial charge in [0.25, 0.3) is 15.9 Å². The number of ether oxygens (including phenoxy) is 1. The summed E-state index contributed by atoms with van der Waals surface area (Å²) in [5.74, 6) is -1.13. The van der Waals surface area contributed by atoms with Crippen molar-refractivity contribution in [3.05, 3.63) is 17.5 Å². The highest BCUT2D eigenvalue weighted by Crippen LogP contribution is 2.26. The smallest absolute Gasteiger partial charge is 0.309 e. The summed E-state index contributed by atoms with van der Waals surface area (Å²) in [7, 11) is -3.47. The van der Waals surface area contributed by atoms with Gasteiger partial charge in [0, 0.05) is 19.1 Å². The lowest BCUT2D eigenvalue weighted by Crippen LogP contribution is -2.41. The van der Waals surface area contributed by atoms with Crippen molar-refractivity contribution < 1.29 is 22.7 Å². The number of piperidine rings is 1. The maximum atomic E-state index is 12.4. The molecule has 0 spiro atoms. The highest BCUT2D eigenvalue weighted by atomic mass is 32.2. The van der Waals surface area contributed by atoms with Crippen LogP contribution in [0, 0.1) is 5.92 Å². The number of nitrogens with one attached hydrogen (secondary N) is 1. The van der Waals surface area contributed by atoms with Crippen LogP contribution in [0.1, 0.15) is 33.1 Å². The van der Waals surface area contributed by atoms with Crippen molar-refractivity contribution in [2.24, 2.45) is 5.92 Å². The molecule has 1 saturated heterocycles. The maximum Gasteiger partial charge on any atom is 0.309 e. The number of sulfonamides is 1. The molecule has 1 aromatic rings. The number of esters is 1. The van der Waals surface area contributed by atoms with Crippen LogP contribution in [0.2, 0.25) is 0 Å². The highest BCUT2D eigenvalue weighted by molar-refractivity contribution is 7.91. The van der Waals surface area contributed by atoms with E-state index in [1.165, 1.54) is 15.6 Å². The first-order chi connectivity index (χ1) is 11.8. The zero-order chi connectivity index (χ0) is 18.4. The van der Waals surface area contributed by atoms with E-state index >= 15 is 0 Å². The third kappa shape index (κ3) is 5.26. The normalized spacial score (nSPS) is 17.8. The molecule has 140 valence electrons. The average Bonchev–Trinajstić information content (AvgIpc) is 3.15. The maximum absolute atomic E-state index is 12.4. The first-order valence-corrected chi connectivity index (χ1v) is 10.7. The summed E-state index contributed by atoms with van der Waals surface area (Å²) in [6.07, 6.45) is 1.60. The topological polar surface area (TPSA) is 92.8 Å². The largest absolute Gasteiger partial charge is 0.455 e. The summed E-state index contributed by atoms with van der Waals surface area (Å²) < 4.78 is 31.7.